The molecular formula is C20H27FIN3O3S. The molecule has 1 unspecified atom stereocenters. The van der Waals surface area contributed by atoms with E-state index < -0.39 is 15.7 Å². The van der Waals surface area contributed by atoms with Crippen molar-refractivity contribution in [2.45, 2.75) is 25.9 Å². The van der Waals surface area contributed by atoms with Crippen LogP contribution in [0.3, 0.4) is 0 Å². The molecule has 0 aliphatic carbocycles. The summed E-state index contributed by atoms with van der Waals surface area (Å²) in [6.07, 6.45) is 1.70. The summed E-state index contributed by atoms with van der Waals surface area (Å²) < 4.78 is 42.2. The highest BCUT2D eigenvalue weighted by atomic mass is 127. The Morgan fingerprint density at radius 3 is 2.38 bits per heavy atom. The van der Waals surface area contributed by atoms with Gasteiger partial charge in [0.25, 0.3) is 0 Å². The van der Waals surface area contributed by atoms with Gasteiger partial charge >= 0.3 is 0 Å². The zero-order chi connectivity index (χ0) is 20.6. The highest BCUT2D eigenvalue weighted by Gasteiger charge is 2.11. The minimum absolute atomic E-state index is 0. The van der Waals surface area contributed by atoms with Crippen molar-refractivity contribution in [3.8, 4) is 11.5 Å². The van der Waals surface area contributed by atoms with E-state index in [4.69, 9.17) is 4.74 Å². The van der Waals surface area contributed by atoms with Gasteiger partial charge in [-0.1, -0.05) is 30.3 Å². The second kappa shape index (κ2) is 12.0. The first-order valence-corrected chi connectivity index (χ1v) is 11.0. The van der Waals surface area contributed by atoms with Gasteiger partial charge in [0.15, 0.2) is 17.5 Å². The van der Waals surface area contributed by atoms with Gasteiger partial charge in [0.2, 0.25) is 0 Å². The summed E-state index contributed by atoms with van der Waals surface area (Å²) >= 11 is 0. The molecule has 0 saturated heterocycles. The van der Waals surface area contributed by atoms with Crippen LogP contribution < -0.4 is 15.4 Å². The molecule has 2 aromatic carbocycles. The standard InChI is InChI=1S/C20H26FN3O3S.HI/c1-15(12-13-28(3,25)26)24-20(22-2)23-14-16-8-4-6-10-18(16)27-19-11-7-5-9-17(19)21;/h4-11,15H,12-14H2,1-3H3,(H2,22,23,24);1H. The number of rotatable bonds is 8. The van der Waals surface area contributed by atoms with Gasteiger partial charge < -0.3 is 15.4 Å². The molecule has 0 spiro atoms. The van der Waals surface area contributed by atoms with Crippen LogP contribution in [0.4, 0.5) is 4.39 Å². The van der Waals surface area contributed by atoms with Crippen molar-refractivity contribution in [1.29, 1.82) is 0 Å². The number of hydrogen-bond donors (Lipinski definition) is 2. The van der Waals surface area contributed by atoms with E-state index in [1.54, 1.807) is 31.3 Å². The molecule has 0 aromatic heterocycles. The van der Waals surface area contributed by atoms with Gasteiger partial charge in [-0.3, -0.25) is 4.99 Å². The Bertz CT molecular complexity index is 923. The van der Waals surface area contributed by atoms with Gasteiger partial charge in [0.05, 0.1) is 5.75 Å². The molecule has 6 nitrogen and oxygen atoms in total. The van der Waals surface area contributed by atoms with Crippen molar-refractivity contribution in [2.24, 2.45) is 4.99 Å². The molecule has 0 bridgehead atoms. The lowest BCUT2D eigenvalue weighted by Gasteiger charge is -2.18. The smallest absolute Gasteiger partial charge is 0.191 e. The molecule has 0 heterocycles. The average molecular weight is 535 g/mol. The van der Waals surface area contributed by atoms with Gasteiger partial charge in [-0.05, 0) is 31.5 Å². The minimum Gasteiger partial charge on any atom is -0.454 e. The van der Waals surface area contributed by atoms with Crippen molar-refractivity contribution in [3.05, 3.63) is 59.9 Å². The number of para-hydroxylation sites is 2. The Morgan fingerprint density at radius 2 is 1.76 bits per heavy atom. The molecule has 0 saturated carbocycles. The Labute approximate surface area is 188 Å². The Kier molecular flexibility index (Phi) is 10.4. The summed E-state index contributed by atoms with van der Waals surface area (Å²) in [5.74, 6) is 0.925. The van der Waals surface area contributed by atoms with Gasteiger partial charge in [-0.15, -0.1) is 24.0 Å². The van der Waals surface area contributed by atoms with Crippen molar-refractivity contribution >= 4 is 39.8 Å². The summed E-state index contributed by atoms with van der Waals surface area (Å²) in [6.45, 7) is 2.30. The topological polar surface area (TPSA) is 79.8 Å². The van der Waals surface area contributed by atoms with Gasteiger partial charge in [0, 0.05) is 31.5 Å². The molecule has 0 aliphatic heterocycles. The first-order chi connectivity index (χ1) is 13.3. The molecule has 0 fully saturated rings. The quantitative estimate of drug-likeness (QED) is 0.306. The minimum atomic E-state index is -3.00. The van der Waals surface area contributed by atoms with E-state index in [1.165, 1.54) is 12.3 Å². The van der Waals surface area contributed by atoms with Crippen LogP contribution in [-0.4, -0.2) is 39.5 Å². The summed E-state index contributed by atoms with van der Waals surface area (Å²) in [5, 5.41) is 6.33. The zero-order valence-corrected chi connectivity index (χ0v) is 19.8. The molecule has 9 heteroatoms. The monoisotopic (exact) mass is 535 g/mol. The van der Waals surface area contributed by atoms with E-state index in [1.807, 2.05) is 25.1 Å². The highest BCUT2D eigenvalue weighted by Crippen LogP contribution is 2.27. The predicted molar refractivity (Wildman–Crippen MR) is 125 cm³/mol. The highest BCUT2D eigenvalue weighted by molar-refractivity contribution is 14.0. The lowest BCUT2D eigenvalue weighted by molar-refractivity contribution is 0.437. The lowest BCUT2D eigenvalue weighted by Crippen LogP contribution is -2.42. The van der Waals surface area contributed by atoms with Crippen LogP contribution >= 0.6 is 24.0 Å². The number of sulfone groups is 1. The van der Waals surface area contributed by atoms with Crippen LogP contribution in [0.15, 0.2) is 53.5 Å². The molecular weight excluding hydrogens is 508 g/mol. The van der Waals surface area contributed by atoms with Gasteiger partial charge in [-0.2, -0.15) is 0 Å². The number of nitrogens with one attached hydrogen (secondary N) is 2. The first kappa shape index (κ1) is 25.2. The fourth-order valence-electron chi connectivity index (χ4n) is 2.47. The summed E-state index contributed by atoms with van der Waals surface area (Å²) in [5.41, 5.74) is 0.831. The molecule has 29 heavy (non-hydrogen) atoms. The second-order valence-electron chi connectivity index (χ2n) is 6.53. The molecule has 2 rings (SSSR count). The maximum absolute atomic E-state index is 13.9. The summed E-state index contributed by atoms with van der Waals surface area (Å²) in [6, 6.07) is 13.5. The van der Waals surface area contributed by atoms with Gasteiger partial charge in [-0.25, -0.2) is 12.8 Å². The fourth-order valence-corrected chi connectivity index (χ4v) is 3.25. The zero-order valence-electron chi connectivity index (χ0n) is 16.7. The summed E-state index contributed by atoms with van der Waals surface area (Å²) in [7, 11) is -1.36. The number of guanidine groups is 1. The molecule has 0 radical (unpaired) electrons. The SMILES string of the molecule is CN=C(NCc1ccccc1Oc1ccccc1F)NC(C)CCS(C)(=O)=O.I. The number of hydrogen-bond acceptors (Lipinski definition) is 4. The number of benzene rings is 2. The van der Waals surface area contributed by atoms with Crippen LogP contribution in [0.5, 0.6) is 11.5 Å². The van der Waals surface area contributed by atoms with Crippen LogP contribution in [-0.2, 0) is 16.4 Å². The third-order valence-corrected chi connectivity index (χ3v) is 4.98. The summed E-state index contributed by atoms with van der Waals surface area (Å²) in [4.78, 5) is 4.16. The van der Waals surface area contributed by atoms with Crippen LogP contribution in [0, 0.1) is 5.82 Å². The fraction of sp³-hybridized carbons (Fsp3) is 0.350. The van der Waals surface area contributed by atoms with Crippen LogP contribution in [0.2, 0.25) is 0 Å². The Hall–Kier alpha value is -1.88. The molecule has 1 atom stereocenters. The van der Waals surface area contributed by atoms with Crippen LogP contribution in [0.1, 0.15) is 18.9 Å². The lowest BCUT2D eigenvalue weighted by atomic mass is 10.2. The average Bonchev–Trinajstić information content (AvgIpc) is 2.65. The molecule has 160 valence electrons. The van der Waals surface area contributed by atoms with Gasteiger partial charge in [0.1, 0.15) is 15.6 Å². The van der Waals surface area contributed by atoms with Crippen molar-refractivity contribution in [2.75, 3.05) is 19.1 Å². The molecule has 0 amide bonds. The molecule has 2 aromatic rings. The second-order valence-corrected chi connectivity index (χ2v) is 8.79. The van der Waals surface area contributed by atoms with E-state index in [-0.39, 0.29) is 41.5 Å². The maximum Gasteiger partial charge on any atom is 0.191 e. The number of nitrogens with zero attached hydrogens (tertiary/aromatic N) is 1. The Balaban J connectivity index is 0.00000420. The third kappa shape index (κ3) is 8.99. The predicted octanol–water partition coefficient (Wildman–Crippen LogP) is 3.72. The van der Waals surface area contributed by atoms with E-state index in [0.29, 0.717) is 24.7 Å². The molecule has 0 aliphatic rings. The largest absolute Gasteiger partial charge is 0.454 e. The van der Waals surface area contributed by atoms with Crippen LogP contribution in [0.25, 0.3) is 0 Å². The number of halogens is 2. The van der Waals surface area contributed by atoms with E-state index in [9.17, 15) is 12.8 Å². The van der Waals surface area contributed by atoms with Crippen molar-refractivity contribution < 1.29 is 17.5 Å². The van der Waals surface area contributed by atoms with Crippen molar-refractivity contribution in [3.63, 3.8) is 0 Å². The first-order valence-electron chi connectivity index (χ1n) is 8.93. The Morgan fingerprint density at radius 1 is 1.14 bits per heavy atom. The third-order valence-electron chi connectivity index (χ3n) is 4.00. The normalized spacial score (nSPS) is 12.6. The molecule has 2 N–H and O–H groups in total. The number of ether oxygens (including phenoxy) is 1. The van der Waals surface area contributed by atoms with E-state index >= 15 is 0 Å². The maximum atomic E-state index is 13.9. The van der Waals surface area contributed by atoms with E-state index in [0.717, 1.165) is 5.56 Å². The van der Waals surface area contributed by atoms with Crippen molar-refractivity contribution in [1.82, 2.24) is 10.6 Å². The van der Waals surface area contributed by atoms with E-state index in [2.05, 4.69) is 15.6 Å². The number of aliphatic imine (C=N–C) groups is 1.